The zero-order chi connectivity index (χ0) is 19.7. The maximum Gasteiger partial charge on any atom is 0.176 e. The van der Waals surface area contributed by atoms with Gasteiger partial charge in [0.1, 0.15) is 5.82 Å². The number of methoxy groups -OCH3 is 1. The number of nitrogens with one attached hydrogen (secondary N) is 1. The lowest BCUT2D eigenvalue weighted by Crippen LogP contribution is -1.95. The number of nitrogens with two attached hydrogens (primary N) is 1. The molecule has 0 bridgehead atoms. The fourth-order valence-electron chi connectivity index (χ4n) is 2.97. The second kappa shape index (κ2) is 7.25. The van der Waals surface area contributed by atoms with Gasteiger partial charge in [-0.3, -0.25) is 4.98 Å². The van der Waals surface area contributed by atoms with Gasteiger partial charge in [0.2, 0.25) is 0 Å². The van der Waals surface area contributed by atoms with Crippen LogP contribution in [0.2, 0.25) is 5.02 Å². The monoisotopic (exact) mass is 392 g/mol. The molecule has 0 radical (unpaired) electrons. The average molecular weight is 393 g/mol. The summed E-state index contributed by atoms with van der Waals surface area (Å²) in [6, 6.07) is 14.8. The van der Waals surface area contributed by atoms with E-state index in [0.717, 1.165) is 33.4 Å². The lowest BCUT2D eigenvalue weighted by atomic mass is 10.0. The number of phenolic OH excluding ortho intramolecular Hbond substituents is 1. The summed E-state index contributed by atoms with van der Waals surface area (Å²) in [5, 5.41) is 14.5. The number of hydrogen-bond donors (Lipinski definition) is 3. The maximum absolute atomic E-state index is 9.98. The maximum atomic E-state index is 9.98. The van der Waals surface area contributed by atoms with E-state index >= 15 is 0 Å². The van der Waals surface area contributed by atoms with Gasteiger partial charge in [-0.05, 0) is 53.6 Å². The number of fused-ring (bicyclic) bond motifs is 1. The fraction of sp³-hybridized carbons (Fsp3) is 0.0476. The van der Waals surface area contributed by atoms with E-state index in [1.54, 1.807) is 30.6 Å². The molecular weight excluding hydrogens is 376 g/mol. The molecule has 0 saturated heterocycles. The minimum Gasteiger partial charge on any atom is -0.503 e. The van der Waals surface area contributed by atoms with Crippen molar-refractivity contribution >= 4 is 39.7 Å². The van der Waals surface area contributed by atoms with Gasteiger partial charge in [0, 0.05) is 17.3 Å². The summed E-state index contributed by atoms with van der Waals surface area (Å²) in [5.41, 5.74) is 9.94. The lowest BCUT2D eigenvalue weighted by molar-refractivity contribution is 0.374. The third kappa shape index (κ3) is 3.37. The molecule has 6 nitrogen and oxygen atoms in total. The molecule has 0 unspecified atom stereocenters. The Morgan fingerprint density at radius 1 is 1.04 bits per heavy atom. The van der Waals surface area contributed by atoms with Crippen molar-refractivity contribution in [2.45, 2.75) is 0 Å². The fourth-order valence-corrected chi connectivity index (χ4v) is 3.18. The topological polar surface area (TPSA) is 93.3 Å². The van der Waals surface area contributed by atoms with Crippen LogP contribution in [0.25, 0.3) is 22.0 Å². The van der Waals surface area contributed by atoms with Gasteiger partial charge in [0.05, 0.1) is 29.5 Å². The van der Waals surface area contributed by atoms with Crippen LogP contribution >= 0.6 is 11.6 Å². The Hall–Kier alpha value is -3.51. The number of phenols is 1. The summed E-state index contributed by atoms with van der Waals surface area (Å²) in [6.07, 6.45) is 3.42. The van der Waals surface area contributed by atoms with Crippen LogP contribution in [0.1, 0.15) is 0 Å². The van der Waals surface area contributed by atoms with Crippen LogP contribution in [-0.2, 0) is 0 Å². The molecule has 2 aromatic heterocycles. The largest absolute Gasteiger partial charge is 0.503 e. The van der Waals surface area contributed by atoms with E-state index in [2.05, 4.69) is 15.3 Å². The van der Waals surface area contributed by atoms with Crippen LogP contribution < -0.4 is 15.8 Å². The Bertz CT molecular complexity index is 1160. The Labute approximate surface area is 166 Å². The highest BCUT2D eigenvalue weighted by atomic mass is 35.5. The number of nitrogen functional groups attached to an aromatic ring is 1. The Balaban J connectivity index is 1.80. The highest BCUT2D eigenvalue weighted by molar-refractivity contribution is 6.32. The molecular formula is C21H17ClN4O2. The Kier molecular flexibility index (Phi) is 4.63. The van der Waals surface area contributed by atoms with E-state index in [0.29, 0.717) is 11.6 Å². The van der Waals surface area contributed by atoms with Crippen LogP contribution in [0, 0.1) is 0 Å². The van der Waals surface area contributed by atoms with Gasteiger partial charge in [-0.25, -0.2) is 4.98 Å². The molecule has 0 spiro atoms. The van der Waals surface area contributed by atoms with E-state index in [-0.39, 0.29) is 10.8 Å². The third-order valence-electron chi connectivity index (χ3n) is 4.39. The molecule has 7 heteroatoms. The summed E-state index contributed by atoms with van der Waals surface area (Å²) in [6.45, 7) is 0. The molecule has 0 saturated carbocycles. The molecule has 4 rings (SSSR count). The smallest absolute Gasteiger partial charge is 0.176 e. The molecule has 0 aliphatic carbocycles. The molecule has 2 heterocycles. The summed E-state index contributed by atoms with van der Waals surface area (Å²) in [7, 11) is 1.49. The second-order valence-corrected chi connectivity index (χ2v) is 6.60. The van der Waals surface area contributed by atoms with Gasteiger partial charge in [-0.1, -0.05) is 17.7 Å². The van der Waals surface area contributed by atoms with E-state index in [1.807, 2.05) is 30.3 Å². The number of hydrogen-bond acceptors (Lipinski definition) is 6. The molecule has 0 amide bonds. The van der Waals surface area contributed by atoms with E-state index in [9.17, 15) is 5.11 Å². The molecule has 0 aliphatic rings. The number of aromatic hydroxyl groups is 1. The SMILES string of the molecule is COc1cc(-c2ccc3nccc(Nc4ccc(N)nc4)c3c2)cc(Cl)c1O. The normalized spacial score (nSPS) is 10.8. The van der Waals surface area contributed by atoms with Crippen molar-refractivity contribution in [3.63, 3.8) is 0 Å². The Morgan fingerprint density at radius 2 is 1.89 bits per heavy atom. The first-order valence-electron chi connectivity index (χ1n) is 8.49. The molecule has 2 aromatic carbocycles. The summed E-state index contributed by atoms with van der Waals surface area (Å²) < 4.78 is 5.21. The van der Waals surface area contributed by atoms with Crippen molar-refractivity contribution in [3.05, 3.63) is 65.9 Å². The third-order valence-corrected chi connectivity index (χ3v) is 4.68. The number of pyridine rings is 2. The van der Waals surface area contributed by atoms with E-state index in [1.165, 1.54) is 7.11 Å². The van der Waals surface area contributed by atoms with Crippen LogP contribution in [0.4, 0.5) is 17.2 Å². The first-order valence-corrected chi connectivity index (χ1v) is 8.87. The zero-order valence-corrected chi connectivity index (χ0v) is 15.7. The number of rotatable bonds is 4. The van der Waals surface area contributed by atoms with Crippen molar-refractivity contribution in [3.8, 4) is 22.6 Å². The minimum absolute atomic E-state index is 0.0754. The van der Waals surface area contributed by atoms with Crippen molar-refractivity contribution in [2.75, 3.05) is 18.2 Å². The number of ether oxygens (including phenoxy) is 1. The summed E-state index contributed by atoms with van der Waals surface area (Å²) in [5.74, 6) is 0.708. The highest BCUT2D eigenvalue weighted by Crippen LogP contribution is 2.39. The van der Waals surface area contributed by atoms with Gasteiger partial charge in [0.25, 0.3) is 0 Å². The predicted molar refractivity (Wildman–Crippen MR) is 112 cm³/mol. The average Bonchev–Trinajstić information content (AvgIpc) is 2.71. The summed E-state index contributed by atoms with van der Waals surface area (Å²) in [4.78, 5) is 8.54. The van der Waals surface area contributed by atoms with Crippen molar-refractivity contribution in [2.24, 2.45) is 0 Å². The van der Waals surface area contributed by atoms with Crippen LogP contribution in [-0.4, -0.2) is 22.2 Å². The zero-order valence-electron chi connectivity index (χ0n) is 15.0. The minimum atomic E-state index is -0.0754. The number of aromatic nitrogens is 2. The van der Waals surface area contributed by atoms with Crippen molar-refractivity contribution in [1.29, 1.82) is 0 Å². The van der Waals surface area contributed by atoms with Gasteiger partial charge >= 0.3 is 0 Å². The lowest BCUT2D eigenvalue weighted by Gasteiger charge is -2.12. The van der Waals surface area contributed by atoms with Gasteiger partial charge in [0.15, 0.2) is 11.5 Å². The highest BCUT2D eigenvalue weighted by Gasteiger charge is 2.12. The predicted octanol–water partition coefficient (Wildman–Crippen LogP) is 4.99. The van der Waals surface area contributed by atoms with Gasteiger partial charge in [-0.15, -0.1) is 0 Å². The van der Waals surface area contributed by atoms with Crippen LogP contribution in [0.15, 0.2) is 60.9 Å². The number of anilines is 3. The van der Waals surface area contributed by atoms with E-state index < -0.39 is 0 Å². The molecule has 140 valence electrons. The van der Waals surface area contributed by atoms with Gasteiger partial charge in [-0.2, -0.15) is 0 Å². The quantitative estimate of drug-likeness (QED) is 0.453. The molecule has 4 N–H and O–H groups in total. The first kappa shape index (κ1) is 17.9. The van der Waals surface area contributed by atoms with Crippen molar-refractivity contribution < 1.29 is 9.84 Å². The number of halogens is 1. The second-order valence-electron chi connectivity index (χ2n) is 6.20. The standard InChI is InChI=1S/C21H17ClN4O2/c1-28-19-10-13(9-16(22)21(19)27)12-2-4-17-15(8-12)18(6-7-24-17)26-14-3-5-20(23)25-11-14/h2-11,27H,1H3,(H2,23,25)(H,24,26). The number of nitrogens with zero attached hydrogens (tertiary/aromatic N) is 2. The van der Waals surface area contributed by atoms with E-state index in [4.69, 9.17) is 22.1 Å². The number of benzene rings is 2. The molecule has 4 aromatic rings. The molecule has 0 fully saturated rings. The molecule has 0 atom stereocenters. The van der Waals surface area contributed by atoms with Gasteiger partial charge < -0.3 is 20.9 Å². The first-order chi connectivity index (χ1) is 13.5. The van der Waals surface area contributed by atoms with Crippen LogP contribution in [0.3, 0.4) is 0 Å². The van der Waals surface area contributed by atoms with Crippen molar-refractivity contribution in [1.82, 2.24) is 9.97 Å². The van der Waals surface area contributed by atoms with Crippen LogP contribution in [0.5, 0.6) is 11.5 Å². The molecule has 0 aliphatic heterocycles. The Morgan fingerprint density at radius 3 is 2.64 bits per heavy atom. The molecule has 28 heavy (non-hydrogen) atoms. The summed E-state index contributed by atoms with van der Waals surface area (Å²) >= 11 is 6.15.